The minimum Gasteiger partial charge on any atom is -0.493 e. The van der Waals surface area contributed by atoms with Gasteiger partial charge in [-0.05, 0) is 54.1 Å². The van der Waals surface area contributed by atoms with Gasteiger partial charge in [0.05, 0.1) is 19.9 Å². The Morgan fingerprint density at radius 3 is 2.31 bits per heavy atom. The molecule has 0 aliphatic carbocycles. The average molecular weight is 566 g/mol. The zero-order chi connectivity index (χ0) is 29.6. The van der Waals surface area contributed by atoms with Crippen LogP contribution in [0.1, 0.15) is 26.4 Å². The molecule has 0 saturated carbocycles. The highest BCUT2D eigenvalue weighted by atomic mass is 16.5. The molecule has 212 valence electrons. The van der Waals surface area contributed by atoms with Gasteiger partial charge in [0.25, 0.3) is 11.8 Å². The fourth-order valence-electron chi connectivity index (χ4n) is 4.41. The molecule has 0 radical (unpaired) electrons. The van der Waals surface area contributed by atoms with Gasteiger partial charge in [0.1, 0.15) is 6.04 Å². The van der Waals surface area contributed by atoms with Crippen LogP contribution in [0.3, 0.4) is 0 Å². The minimum atomic E-state index is -1.13. The number of aliphatic carboxylic acids is 1. The first kappa shape index (κ1) is 27.8. The summed E-state index contributed by atoms with van der Waals surface area (Å²) in [5.74, 6) is -0.997. The summed E-state index contributed by atoms with van der Waals surface area (Å²) in [6.45, 7) is 0. The fourth-order valence-corrected chi connectivity index (χ4v) is 4.41. The minimum absolute atomic E-state index is 0.141. The summed E-state index contributed by atoms with van der Waals surface area (Å²) in [7, 11) is 3.11. The topological polar surface area (TPSA) is 144 Å². The Labute approximate surface area is 240 Å². The van der Waals surface area contributed by atoms with Gasteiger partial charge in [-0.15, -0.1) is 0 Å². The van der Waals surface area contributed by atoms with Crippen molar-refractivity contribution in [3.63, 3.8) is 0 Å². The normalized spacial score (nSPS) is 11.5. The van der Waals surface area contributed by atoms with Crippen LogP contribution in [-0.4, -0.2) is 57.7 Å². The van der Waals surface area contributed by atoms with E-state index in [1.807, 2.05) is 30.3 Å². The van der Waals surface area contributed by atoms with Crippen LogP contribution in [0.25, 0.3) is 16.9 Å². The lowest BCUT2D eigenvalue weighted by Gasteiger charge is -2.15. The molecule has 2 amide bonds. The zero-order valence-electron chi connectivity index (χ0n) is 22.8. The van der Waals surface area contributed by atoms with E-state index in [0.717, 1.165) is 11.1 Å². The quantitative estimate of drug-likeness (QED) is 0.230. The van der Waals surface area contributed by atoms with Crippen molar-refractivity contribution < 1.29 is 29.0 Å². The first-order chi connectivity index (χ1) is 20.4. The SMILES string of the molecule is COc1ccc(-c2ccnc3cc(C(=O)Nc4ccc(C(=O)N[C@@H](Cc5ccccc5)C(=O)O)cc4)nn23)cc1OC. The number of benzene rings is 3. The number of ether oxygens (including phenoxy) is 2. The first-order valence-electron chi connectivity index (χ1n) is 12.9. The number of hydrogen-bond acceptors (Lipinski definition) is 7. The Morgan fingerprint density at radius 2 is 1.62 bits per heavy atom. The maximum atomic E-state index is 13.0. The number of nitrogens with one attached hydrogen (secondary N) is 2. The number of amides is 2. The lowest BCUT2D eigenvalue weighted by Crippen LogP contribution is -2.42. The number of carbonyl (C=O) groups excluding carboxylic acids is 2. The van der Waals surface area contributed by atoms with Gasteiger partial charge in [-0.1, -0.05) is 30.3 Å². The number of carbonyl (C=O) groups is 3. The second kappa shape index (κ2) is 12.2. The van der Waals surface area contributed by atoms with Crippen LogP contribution in [0.15, 0.2) is 91.1 Å². The van der Waals surface area contributed by atoms with E-state index < -0.39 is 23.8 Å². The Morgan fingerprint density at radius 1 is 0.881 bits per heavy atom. The van der Waals surface area contributed by atoms with Crippen molar-refractivity contribution in [1.29, 1.82) is 0 Å². The summed E-state index contributed by atoms with van der Waals surface area (Å²) in [5, 5.41) is 19.4. The monoisotopic (exact) mass is 565 g/mol. The first-order valence-corrected chi connectivity index (χ1v) is 12.9. The summed E-state index contributed by atoms with van der Waals surface area (Å²) >= 11 is 0. The van der Waals surface area contributed by atoms with E-state index in [2.05, 4.69) is 20.7 Å². The molecule has 11 heteroatoms. The van der Waals surface area contributed by atoms with Crippen molar-refractivity contribution in [2.75, 3.05) is 19.5 Å². The summed E-state index contributed by atoms with van der Waals surface area (Å²) in [5.41, 5.74) is 3.58. The molecule has 0 unspecified atom stereocenters. The number of hydrogen-bond donors (Lipinski definition) is 3. The number of carboxylic acid groups (broad SMARTS) is 1. The molecule has 11 nitrogen and oxygen atoms in total. The molecular formula is C31H27N5O6. The van der Waals surface area contributed by atoms with Crippen molar-refractivity contribution >= 4 is 29.1 Å². The van der Waals surface area contributed by atoms with Crippen LogP contribution in [0.2, 0.25) is 0 Å². The van der Waals surface area contributed by atoms with E-state index in [1.165, 1.54) is 12.1 Å². The Hall–Kier alpha value is -5.71. The van der Waals surface area contributed by atoms with Crippen LogP contribution < -0.4 is 20.1 Å². The number of anilines is 1. The number of rotatable bonds is 10. The Bertz CT molecular complexity index is 1750. The number of fused-ring (bicyclic) bond motifs is 1. The molecule has 5 rings (SSSR count). The molecule has 0 aliphatic rings. The van der Waals surface area contributed by atoms with Gasteiger partial charge in [0, 0.05) is 35.5 Å². The molecule has 2 aromatic heterocycles. The van der Waals surface area contributed by atoms with Crippen LogP contribution in [-0.2, 0) is 11.2 Å². The van der Waals surface area contributed by atoms with Crippen molar-refractivity contribution in [1.82, 2.24) is 19.9 Å². The number of carboxylic acids is 1. The van der Waals surface area contributed by atoms with Gasteiger partial charge in [-0.2, -0.15) is 5.10 Å². The molecule has 0 aliphatic heterocycles. The third kappa shape index (κ3) is 6.04. The van der Waals surface area contributed by atoms with E-state index in [0.29, 0.717) is 28.5 Å². The third-order valence-electron chi connectivity index (χ3n) is 6.56. The molecule has 1 atom stereocenters. The van der Waals surface area contributed by atoms with Crippen LogP contribution in [0, 0.1) is 0 Å². The Balaban J connectivity index is 1.29. The summed E-state index contributed by atoms with van der Waals surface area (Å²) in [6, 6.07) is 22.9. The van der Waals surface area contributed by atoms with Gasteiger partial charge in [-0.25, -0.2) is 14.3 Å². The summed E-state index contributed by atoms with van der Waals surface area (Å²) in [6.07, 6.45) is 1.78. The van der Waals surface area contributed by atoms with Gasteiger partial charge in [0.2, 0.25) is 0 Å². The van der Waals surface area contributed by atoms with E-state index in [4.69, 9.17) is 9.47 Å². The van der Waals surface area contributed by atoms with Crippen LogP contribution in [0.4, 0.5) is 5.69 Å². The molecule has 0 saturated heterocycles. The van der Waals surface area contributed by atoms with E-state index >= 15 is 0 Å². The predicted molar refractivity (Wildman–Crippen MR) is 155 cm³/mol. The van der Waals surface area contributed by atoms with E-state index in [1.54, 1.807) is 67.4 Å². The molecule has 5 aromatic rings. The number of aromatic nitrogens is 3. The van der Waals surface area contributed by atoms with Gasteiger partial charge < -0.3 is 25.2 Å². The average Bonchev–Trinajstić information content (AvgIpc) is 3.46. The maximum Gasteiger partial charge on any atom is 0.326 e. The summed E-state index contributed by atoms with van der Waals surface area (Å²) < 4.78 is 12.3. The van der Waals surface area contributed by atoms with Crippen LogP contribution >= 0.6 is 0 Å². The zero-order valence-corrected chi connectivity index (χ0v) is 22.8. The molecule has 0 bridgehead atoms. The number of nitrogens with zero attached hydrogens (tertiary/aromatic N) is 3. The molecule has 0 spiro atoms. The van der Waals surface area contributed by atoms with Gasteiger partial charge in [-0.3, -0.25) is 9.59 Å². The van der Waals surface area contributed by atoms with Crippen molar-refractivity contribution in [2.24, 2.45) is 0 Å². The van der Waals surface area contributed by atoms with E-state index in [9.17, 15) is 19.5 Å². The highest BCUT2D eigenvalue weighted by Gasteiger charge is 2.21. The van der Waals surface area contributed by atoms with Crippen LogP contribution in [0.5, 0.6) is 11.5 Å². The lowest BCUT2D eigenvalue weighted by atomic mass is 10.1. The Kier molecular flexibility index (Phi) is 8.10. The fraction of sp³-hybridized carbons (Fsp3) is 0.129. The molecule has 0 fully saturated rings. The van der Waals surface area contributed by atoms with Crippen molar-refractivity contribution in [3.05, 3.63) is 108 Å². The molecule has 3 aromatic carbocycles. The molecular weight excluding hydrogens is 538 g/mol. The highest BCUT2D eigenvalue weighted by Crippen LogP contribution is 2.32. The largest absolute Gasteiger partial charge is 0.493 e. The second-order valence-corrected chi connectivity index (χ2v) is 9.28. The van der Waals surface area contributed by atoms with E-state index in [-0.39, 0.29) is 17.7 Å². The molecule has 42 heavy (non-hydrogen) atoms. The van der Waals surface area contributed by atoms with Gasteiger partial charge >= 0.3 is 5.97 Å². The lowest BCUT2D eigenvalue weighted by molar-refractivity contribution is -0.139. The smallest absolute Gasteiger partial charge is 0.326 e. The highest BCUT2D eigenvalue weighted by molar-refractivity contribution is 6.04. The molecule has 2 heterocycles. The summed E-state index contributed by atoms with van der Waals surface area (Å²) in [4.78, 5) is 41.8. The van der Waals surface area contributed by atoms with Gasteiger partial charge in [0.15, 0.2) is 22.8 Å². The maximum absolute atomic E-state index is 13.0. The molecule has 3 N–H and O–H groups in total. The van der Waals surface area contributed by atoms with Crippen molar-refractivity contribution in [2.45, 2.75) is 12.5 Å². The third-order valence-corrected chi connectivity index (χ3v) is 6.56. The standard InChI is InChI=1S/C31H27N5O6/c1-41-26-13-10-21(17-27(26)42-2)25-14-15-32-28-18-23(35-36(25)28)30(38)33-22-11-8-20(9-12-22)29(37)34-24(31(39)40)16-19-6-4-3-5-7-19/h3-15,17-18,24H,16H2,1-2H3,(H,33,38)(H,34,37)(H,39,40)/t24-/m0/s1. The number of methoxy groups -OCH3 is 2. The predicted octanol–water partition coefficient (Wildman–Crippen LogP) is 4.09. The second-order valence-electron chi connectivity index (χ2n) is 9.28. The van der Waals surface area contributed by atoms with Crippen molar-refractivity contribution in [3.8, 4) is 22.8 Å².